The van der Waals surface area contributed by atoms with Crippen molar-refractivity contribution >= 4 is 34.8 Å². The van der Waals surface area contributed by atoms with Gasteiger partial charge >= 0.3 is 0 Å². The molecular weight excluding hydrogens is 257 g/mol. The number of carbonyl (C=O) groups excluding carboxylic acids is 1. The molecule has 0 unspecified atom stereocenters. The molecule has 0 bridgehead atoms. The number of amides is 1. The van der Waals surface area contributed by atoms with Gasteiger partial charge in [0.25, 0.3) is 5.91 Å². The topological polar surface area (TPSA) is 20.3 Å². The molecule has 1 aliphatic rings. The van der Waals surface area contributed by atoms with Crippen LogP contribution in [0.25, 0.3) is 0 Å². The highest BCUT2D eigenvalue weighted by Gasteiger charge is 2.27. The number of carbonyl (C=O) groups is 1. The Morgan fingerprint density at radius 3 is 2.47 bits per heavy atom. The lowest BCUT2D eigenvalue weighted by molar-refractivity contribution is -0.114. The van der Waals surface area contributed by atoms with Crippen LogP contribution in [-0.4, -0.2) is 12.5 Å². The molecule has 0 atom stereocenters. The fourth-order valence-electron chi connectivity index (χ4n) is 1.96. The van der Waals surface area contributed by atoms with E-state index < -0.39 is 0 Å². The average molecular weight is 270 g/mol. The van der Waals surface area contributed by atoms with E-state index in [-0.39, 0.29) is 5.91 Å². The molecule has 2 rings (SSSR count). The van der Waals surface area contributed by atoms with E-state index in [0.29, 0.717) is 16.6 Å². The van der Waals surface area contributed by atoms with Crippen molar-refractivity contribution < 1.29 is 4.79 Å². The predicted octanol–water partition coefficient (Wildman–Crippen LogP) is 4.07. The summed E-state index contributed by atoms with van der Waals surface area (Å²) in [4.78, 5) is 13.9. The van der Waals surface area contributed by atoms with Gasteiger partial charge in [-0.15, -0.1) is 0 Å². The molecule has 4 heteroatoms. The Morgan fingerprint density at radius 1 is 1.24 bits per heavy atom. The summed E-state index contributed by atoms with van der Waals surface area (Å²) in [5.74, 6) is 0.0726. The lowest BCUT2D eigenvalue weighted by Crippen LogP contribution is -2.24. The minimum Gasteiger partial charge on any atom is -0.308 e. The number of nitrogens with zero attached hydrogens (tertiary/aromatic N) is 1. The maximum atomic E-state index is 12.1. The van der Waals surface area contributed by atoms with E-state index >= 15 is 0 Å². The second-order valence-corrected chi connectivity index (χ2v) is 5.10. The van der Waals surface area contributed by atoms with Crippen LogP contribution in [0.5, 0.6) is 0 Å². The van der Waals surface area contributed by atoms with Gasteiger partial charge in [0.15, 0.2) is 0 Å². The number of benzene rings is 1. The molecule has 90 valence electrons. The standard InChI is InChI=1S/C13H13Cl2NO/c1-8(2)10-5-6-16(13(10)17)9-3-4-11(14)12(15)7-9/h3-4,7H,5-6H2,1-2H3. The molecule has 1 aromatic carbocycles. The summed E-state index contributed by atoms with van der Waals surface area (Å²) >= 11 is 11.8. The number of allylic oxidation sites excluding steroid dienone is 1. The van der Waals surface area contributed by atoms with Crippen LogP contribution in [0.15, 0.2) is 29.3 Å². The van der Waals surface area contributed by atoms with E-state index in [1.54, 1.807) is 17.0 Å². The normalized spacial score (nSPS) is 15.6. The molecule has 17 heavy (non-hydrogen) atoms. The van der Waals surface area contributed by atoms with Crippen molar-refractivity contribution in [2.45, 2.75) is 20.3 Å². The van der Waals surface area contributed by atoms with E-state index in [9.17, 15) is 4.79 Å². The lowest BCUT2D eigenvalue weighted by Gasteiger charge is -2.16. The highest BCUT2D eigenvalue weighted by molar-refractivity contribution is 6.42. The van der Waals surface area contributed by atoms with Crippen LogP contribution < -0.4 is 4.90 Å². The van der Waals surface area contributed by atoms with E-state index in [2.05, 4.69) is 0 Å². The van der Waals surface area contributed by atoms with Crippen molar-refractivity contribution in [3.63, 3.8) is 0 Å². The van der Waals surface area contributed by atoms with Crippen molar-refractivity contribution in [1.82, 2.24) is 0 Å². The maximum Gasteiger partial charge on any atom is 0.254 e. The minimum absolute atomic E-state index is 0.0726. The zero-order valence-corrected chi connectivity index (χ0v) is 11.3. The number of halogens is 2. The van der Waals surface area contributed by atoms with Gasteiger partial charge in [0, 0.05) is 17.8 Å². The van der Waals surface area contributed by atoms with Crippen LogP contribution in [-0.2, 0) is 4.79 Å². The lowest BCUT2D eigenvalue weighted by atomic mass is 10.1. The zero-order chi connectivity index (χ0) is 12.6. The molecule has 1 aliphatic heterocycles. The maximum absolute atomic E-state index is 12.1. The third-order valence-electron chi connectivity index (χ3n) is 2.91. The third-order valence-corrected chi connectivity index (χ3v) is 3.65. The van der Waals surface area contributed by atoms with Crippen LogP contribution in [0.2, 0.25) is 10.0 Å². The smallest absolute Gasteiger partial charge is 0.254 e. The van der Waals surface area contributed by atoms with E-state index in [4.69, 9.17) is 23.2 Å². The van der Waals surface area contributed by atoms with Crippen LogP contribution in [0.4, 0.5) is 5.69 Å². The molecular formula is C13H13Cl2NO. The van der Waals surface area contributed by atoms with Gasteiger partial charge in [0.1, 0.15) is 0 Å². The fourth-order valence-corrected chi connectivity index (χ4v) is 2.25. The van der Waals surface area contributed by atoms with Gasteiger partial charge in [0.05, 0.1) is 10.0 Å². The molecule has 1 fully saturated rings. The van der Waals surface area contributed by atoms with Gasteiger partial charge in [-0.2, -0.15) is 0 Å². The Labute approximate surface area is 111 Å². The largest absolute Gasteiger partial charge is 0.308 e. The van der Waals surface area contributed by atoms with Gasteiger partial charge in [-0.1, -0.05) is 28.8 Å². The Hall–Kier alpha value is -0.990. The summed E-state index contributed by atoms with van der Waals surface area (Å²) < 4.78 is 0. The summed E-state index contributed by atoms with van der Waals surface area (Å²) in [6.45, 7) is 4.63. The monoisotopic (exact) mass is 269 g/mol. The van der Waals surface area contributed by atoms with Gasteiger partial charge in [0.2, 0.25) is 0 Å². The summed E-state index contributed by atoms with van der Waals surface area (Å²) in [6, 6.07) is 5.27. The van der Waals surface area contributed by atoms with Gasteiger partial charge < -0.3 is 4.90 Å². The first-order valence-electron chi connectivity index (χ1n) is 5.44. The van der Waals surface area contributed by atoms with Gasteiger partial charge in [-0.25, -0.2) is 0 Å². The summed E-state index contributed by atoms with van der Waals surface area (Å²) in [5.41, 5.74) is 2.79. The van der Waals surface area contributed by atoms with Crippen molar-refractivity contribution in [3.8, 4) is 0 Å². The first-order chi connectivity index (χ1) is 8.00. The number of rotatable bonds is 1. The average Bonchev–Trinajstić information content (AvgIpc) is 2.64. The van der Waals surface area contributed by atoms with Crippen LogP contribution in [0.1, 0.15) is 20.3 Å². The molecule has 0 aromatic heterocycles. The van der Waals surface area contributed by atoms with Crippen molar-refractivity contribution in [2.24, 2.45) is 0 Å². The Balaban J connectivity index is 2.34. The van der Waals surface area contributed by atoms with E-state index in [0.717, 1.165) is 23.3 Å². The molecule has 1 saturated heterocycles. The minimum atomic E-state index is 0.0726. The molecule has 0 saturated carbocycles. The molecule has 1 heterocycles. The molecule has 2 nitrogen and oxygen atoms in total. The zero-order valence-electron chi connectivity index (χ0n) is 9.76. The fraction of sp³-hybridized carbons (Fsp3) is 0.308. The SMILES string of the molecule is CC(C)=C1CCN(c2ccc(Cl)c(Cl)c2)C1=O. The highest BCUT2D eigenvalue weighted by atomic mass is 35.5. The molecule has 1 aromatic rings. The quantitative estimate of drug-likeness (QED) is 0.704. The number of anilines is 1. The van der Waals surface area contributed by atoms with Crippen molar-refractivity contribution in [1.29, 1.82) is 0 Å². The highest BCUT2D eigenvalue weighted by Crippen LogP contribution is 2.31. The van der Waals surface area contributed by atoms with E-state index in [1.165, 1.54) is 0 Å². The van der Waals surface area contributed by atoms with Crippen LogP contribution in [0.3, 0.4) is 0 Å². The molecule has 0 radical (unpaired) electrons. The molecule has 1 amide bonds. The summed E-state index contributed by atoms with van der Waals surface area (Å²) in [5, 5.41) is 0.979. The molecule has 0 N–H and O–H groups in total. The predicted molar refractivity (Wildman–Crippen MR) is 71.8 cm³/mol. The first-order valence-corrected chi connectivity index (χ1v) is 6.19. The Kier molecular flexibility index (Phi) is 3.45. The third kappa shape index (κ3) is 2.33. The van der Waals surface area contributed by atoms with E-state index in [1.807, 2.05) is 19.9 Å². The van der Waals surface area contributed by atoms with Crippen LogP contribution in [0, 0.1) is 0 Å². The Bertz CT molecular complexity index is 504. The second kappa shape index (κ2) is 4.71. The van der Waals surface area contributed by atoms with Gasteiger partial charge in [-0.05, 0) is 38.5 Å². The van der Waals surface area contributed by atoms with Crippen LogP contribution >= 0.6 is 23.2 Å². The van der Waals surface area contributed by atoms with Gasteiger partial charge in [-0.3, -0.25) is 4.79 Å². The molecule has 0 spiro atoms. The summed E-state index contributed by atoms with van der Waals surface area (Å²) in [7, 11) is 0. The summed E-state index contributed by atoms with van der Waals surface area (Å²) in [6.07, 6.45) is 0.793. The van der Waals surface area contributed by atoms with Crippen molar-refractivity contribution in [3.05, 3.63) is 39.4 Å². The number of hydrogen-bond donors (Lipinski definition) is 0. The number of hydrogen-bond acceptors (Lipinski definition) is 1. The second-order valence-electron chi connectivity index (χ2n) is 4.28. The first kappa shape index (κ1) is 12.5. The Morgan fingerprint density at radius 2 is 1.94 bits per heavy atom. The molecule has 0 aliphatic carbocycles. The van der Waals surface area contributed by atoms with Crippen molar-refractivity contribution in [2.75, 3.05) is 11.4 Å².